The molecule has 1 aromatic carbocycles. The first kappa shape index (κ1) is 17.2. The monoisotopic (exact) mass is 348 g/mol. The molecule has 0 bridgehead atoms. The van der Waals surface area contributed by atoms with Crippen molar-refractivity contribution in [3.63, 3.8) is 0 Å². The Hall–Kier alpha value is -1.63. The SMILES string of the molecule is COc1ccc(OCc2nc(CNC3CCC(O)CC3)cs2)cc1. The summed E-state index contributed by atoms with van der Waals surface area (Å²) in [5.41, 5.74) is 1.06. The van der Waals surface area contributed by atoms with E-state index in [4.69, 9.17) is 9.47 Å². The first-order valence-electron chi connectivity index (χ1n) is 8.34. The minimum atomic E-state index is -0.107. The maximum absolute atomic E-state index is 9.54. The van der Waals surface area contributed by atoms with E-state index in [0.717, 1.165) is 54.4 Å². The highest BCUT2D eigenvalue weighted by molar-refractivity contribution is 7.09. The van der Waals surface area contributed by atoms with Gasteiger partial charge in [-0.15, -0.1) is 11.3 Å². The molecule has 2 N–H and O–H groups in total. The number of nitrogens with one attached hydrogen (secondary N) is 1. The van der Waals surface area contributed by atoms with Crippen LogP contribution >= 0.6 is 11.3 Å². The molecule has 0 amide bonds. The molecule has 1 saturated carbocycles. The van der Waals surface area contributed by atoms with Gasteiger partial charge in [-0.05, 0) is 49.9 Å². The molecular formula is C18H24N2O3S. The number of aromatic nitrogens is 1. The zero-order chi connectivity index (χ0) is 16.8. The Balaban J connectivity index is 1.43. The Bertz CT molecular complexity index is 621. The van der Waals surface area contributed by atoms with Crippen LogP contribution in [0.1, 0.15) is 36.4 Å². The van der Waals surface area contributed by atoms with Gasteiger partial charge in [-0.2, -0.15) is 0 Å². The number of hydrogen-bond acceptors (Lipinski definition) is 6. The minimum absolute atomic E-state index is 0.107. The maximum Gasteiger partial charge on any atom is 0.140 e. The highest BCUT2D eigenvalue weighted by Gasteiger charge is 2.18. The number of rotatable bonds is 7. The predicted molar refractivity (Wildman–Crippen MR) is 94.5 cm³/mol. The molecular weight excluding hydrogens is 324 g/mol. The summed E-state index contributed by atoms with van der Waals surface area (Å²) >= 11 is 1.62. The smallest absolute Gasteiger partial charge is 0.140 e. The Kier molecular flexibility index (Phi) is 6.07. The molecule has 6 heteroatoms. The lowest BCUT2D eigenvalue weighted by atomic mass is 9.93. The number of aliphatic hydroxyl groups excluding tert-OH is 1. The van der Waals surface area contributed by atoms with E-state index < -0.39 is 0 Å². The highest BCUT2D eigenvalue weighted by Crippen LogP contribution is 2.20. The Morgan fingerprint density at radius 1 is 1.17 bits per heavy atom. The first-order valence-corrected chi connectivity index (χ1v) is 9.22. The summed E-state index contributed by atoms with van der Waals surface area (Å²) < 4.78 is 10.9. The Morgan fingerprint density at radius 2 is 1.88 bits per heavy atom. The quantitative estimate of drug-likeness (QED) is 0.805. The van der Waals surface area contributed by atoms with Gasteiger partial charge in [0, 0.05) is 18.0 Å². The summed E-state index contributed by atoms with van der Waals surface area (Å²) in [5.74, 6) is 1.63. The number of benzene rings is 1. The summed E-state index contributed by atoms with van der Waals surface area (Å²) in [5, 5.41) is 16.1. The van der Waals surface area contributed by atoms with Crippen molar-refractivity contribution in [2.75, 3.05) is 7.11 Å². The maximum atomic E-state index is 9.54. The summed E-state index contributed by atoms with van der Waals surface area (Å²) in [6.45, 7) is 1.26. The molecule has 0 unspecified atom stereocenters. The summed E-state index contributed by atoms with van der Waals surface area (Å²) in [6.07, 6.45) is 3.77. The van der Waals surface area contributed by atoms with Crippen molar-refractivity contribution in [1.29, 1.82) is 0 Å². The topological polar surface area (TPSA) is 63.6 Å². The van der Waals surface area contributed by atoms with E-state index in [0.29, 0.717) is 12.6 Å². The number of nitrogens with zero attached hydrogens (tertiary/aromatic N) is 1. The molecule has 1 fully saturated rings. The highest BCUT2D eigenvalue weighted by atomic mass is 32.1. The standard InChI is InChI=1S/C18H24N2O3S/c1-22-16-6-8-17(9-7-16)23-11-18-20-14(12-24-18)10-19-13-2-4-15(21)5-3-13/h6-9,12-13,15,19,21H,2-5,10-11H2,1H3. The van der Waals surface area contributed by atoms with Crippen LogP contribution in [0.3, 0.4) is 0 Å². The molecule has 3 rings (SSSR count). The van der Waals surface area contributed by atoms with E-state index in [2.05, 4.69) is 15.7 Å². The average molecular weight is 348 g/mol. The van der Waals surface area contributed by atoms with E-state index in [1.54, 1.807) is 18.4 Å². The van der Waals surface area contributed by atoms with Crippen LogP contribution in [-0.4, -0.2) is 29.3 Å². The lowest BCUT2D eigenvalue weighted by molar-refractivity contribution is 0.116. The van der Waals surface area contributed by atoms with Crippen LogP contribution in [0.2, 0.25) is 0 Å². The molecule has 24 heavy (non-hydrogen) atoms. The van der Waals surface area contributed by atoms with Crippen molar-refractivity contribution in [2.24, 2.45) is 0 Å². The molecule has 0 spiro atoms. The Labute approximate surface area is 146 Å². The third kappa shape index (κ3) is 4.93. The molecule has 1 aromatic heterocycles. The zero-order valence-electron chi connectivity index (χ0n) is 13.9. The van der Waals surface area contributed by atoms with Gasteiger partial charge in [0.1, 0.15) is 23.1 Å². The van der Waals surface area contributed by atoms with Crippen molar-refractivity contribution in [3.05, 3.63) is 40.3 Å². The van der Waals surface area contributed by atoms with Gasteiger partial charge in [-0.3, -0.25) is 0 Å². The van der Waals surface area contributed by atoms with Crippen LogP contribution in [0.25, 0.3) is 0 Å². The number of aliphatic hydroxyl groups is 1. The normalized spacial score (nSPS) is 20.8. The van der Waals surface area contributed by atoms with Gasteiger partial charge in [0.25, 0.3) is 0 Å². The average Bonchev–Trinajstić information content (AvgIpc) is 3.08. The number of ether oxygens (including phenoxy) is 2. The van der Waals surface area contributed by atoms with E-state index in [1.807, 2.05) is 24.3 Å². The zero-order valence-corrected chi connectivity index (χ0v) is 14.7. The fourth-order valence-corrected chi connectivity index (χ4v) is 3.55. The molecule has 0 atom stereocenters. The lowest BCUT2D eigenvalue weighted by Gasteiger charge is -2.25. The molecule has 130 valence electrons. The van der Waals surface area contributed by atoms with E-state index in [-0.39, 0.29) is 6.10 Å². The van der Waals surface area contributed by atoms with Crippen molar-refractivity contribution in [1.82, 2.24) is 10.3 Å². The molecule has 0 saturated heterocycles. The van der Waals surface area contributed by atoms with Crippen molar-refractivity contribution in [3.8, 4) is 11.5 Å². The van der Waals surface area contributed by atoms with Crippen LogP contribution in [0.15, 0.2) is 29.6 Å². The van der Waals surface area contributed by atoms with Gasteiger partial charge in [0.2, 0.25) is 0 Å². The van der Waals surface area contributed by atoms with Crippen LogP contribution in [0, 0.1) is 0 Å². The molecule has 0 radical (unpaired) electrons. The lowest BCUT2D eigenvalue weighted by Crippen LogP contribution is -2.34. The second-order valence-electron chi connectivity index (χ2n) is 6.08. The summed E-state index contributed by atoms with van der Waals surface area (Å²) in [6, 6.07) is 8.05. The van der Waals surface area contributed by atoms with Crippen molar-refractivity contribution < 1.29 is 14.6 Å². The van der Waals surface area contributed by atoms with Gasteiger partial charge in [0.15, 0.2) is 0 Å². The van der Waals surface area contributed by atoms with E-state index >= 15 is 0 Å². The molecule has 1 heterocycles. The van der Waals surface area contributed by atoms with Crippen LogP contribution in [0.5, 0.6) is 11.5 Å². The molecule has 1 aliphatic carbocycles. The predicted octanol–water partition coefficient (Wildman–Crippen LogP) is 3.12. The van der Waals surface area contributed by atoms with E-state index in [1.165, 1.54) is 0 Å². The number of methoxy groups -OCH3 is 1. The van der Waals surface area contributed by atoms with Gasteiger partial charge >= 0.3 is 0 Å². The van der Waals surface area contributed by atoms with Crippen molar-refractivity contribution in [2.45, 2.75) is 51.0 Å². The second kappa shape index (κ2) is 8.46. The molecule has 0 aliphatic heterocycles. The van der Waals surface area contributed by atoms with Crippen LogP contribution < -0.4 is 14.8 Å². The van der Waals surface area contributed by atoms with Gasteiger partial charge in [0.05, 0.1) is 18.9 Å². The fraction of sp³-hybridized carbons (Fsp3) is 0.500. The number of thiazole rings is 1. The van der Waals surface area contributed by atoms with Gasteiger partial charge < -0.3 is 19.9 Å². The first-order chi connectivity index (χ1) is 11.7. The Morgan fingerprint density at radius 3 is 2.58 bits per heavy atom. The second-order valence-corrected chi connectivity index (χ2v) is 7.03. The minimum Gasteiger partial charge on any atom is -0.497 e. The summed E-state index contributed by atoms with van der Waals surface area (Å²) in [4.78, 5) is 4.62. The van der Waals surface area contributed by atoms with Crippen LogP contribution in [0.4, 0.5) is 0 Å². The van der Waals surface area contributed by atoms with E-state index in [9.17, 15) is 5.11 Å². The largest absolute Gasteiger partial charge is 0.497 e. The fourth-order valence-electron chi connectivity index (χ4n) is 2.84. The van der Waals surface area contributed by atoms with Gasteiger partial charge in [-0.1, -0.05) is 0 Å². The molecule has 5 nitrogen and oxygen atoms in total. The van der Waals surface area contributed by atoms with Crippen LogP contribution in [-0.2, 0) is 13.2 Å². The van der Waals surface area contributed by atoms with Crippen molar-refractivity contribution >= 4 is 11.3 Å². The third-order valence-electron chi connectivity index (χ3n) is 4.29. The molecule has 2 aromatic rings. The third-order valence-corrected chi connectivity index (χ3v) is 5.16. The van der Waals surface area contributed by atoms with Gasteiger partial charge in [-0.25, -0.2) is 4.98 Å². The number of hydrogen-bond donors (Lipinski definition) is 2. The molecule has 1 aliphatic rings. The summed E-state index contributed by atoms with van der Waals surface area (Å²) in [7, 11) is 1.65.